The molecule has 1 fully saturated rings. The fraction of sp³-hybridized carbons (Fsp3) is 0.500. The van der Waals surface area contributed by atoms with Crippen LogP contribution < -0.4 is 0 Å². The molecule has 7 heteroatoms. The molecule has 1 aromatic heterocycles. The lowest BCUT2D eigenvalue weighted by atomic mass is 9.81. The lowest BCUT2D eigenvalue weighted by Crippen LogP contribution is -2.43. The van der Waals surface area contributed by atoms with E-state index in [4.69, 9.17) is 0 Å². The summed E-state index contributed by atoms with van der Waals surface area (Å²) in [7, 11) is -2.25. The van der Waals surface area contributed by atoms with Gasteiger partial charge in [0.1, 0.15) is 0 Å². The van der Waals surface area contributed by atoms with Crippen LogP contribution in [0.3, 0.4) is 0 Å². The highest BCUT2D eigenvalue weighted by molar-refractivity contribution is 8.03. The Bertz CT molecular complexity index is 824. The number of nitrogens with zero attached hydrogens (tertiary/aromatic N) is 1. The molecule has 0 spiro atoms. The zero-order valence-corrected chi connectivity index (χ0v) is 17.1. The number of aliphatic hydroxyl groups is 1. The molecule has 146 valence electrons. The third-order valence-corrected chi connectivity index (χ3v) is 8.56. The maximum absolute atomic E-state index is 12.6. The van der Waals surface area contributed by atoms with Crippen LogP contribution in [0.4, 0.5) is 0 Å². The van der Waals surface area contributed by atoms with Crippen LogP contribution in [0.5, 0.6) is 0 Å². The molecule has 27 heavy (non-hydrogen) atoms. The fourth-order valence-electron chi connectivity index (χ4n) is 3.76. The third-order valence-electron chi connectivity index (χ3n) is 5.19. The van der Waals surface area contributed by atoms with Crippen LogP contribution in [-0.2, 0) is 9.36 Å². The topological polar surface area (TPSA) is 87.5 Å². The molecule has 0 bridgehead atoms. The summed E-state index contributed by atoms with van der Waals surface area (Å²) in [5.74, 6) is -1.04. The van der Waals surface area contributed by atoms with Crippen LogP contribution in [0, 0.1) is 5.92 Å². The molecule has 2 unspecified atom stereocenters. The highest BCUT2D eigenvalue weighted by Gasteiger charge is 2.40. The molecule has 0 aliphatic heterocycles. The van der Waals surface area contributed by atoms with E-state index in [0.717, 1.165) is 41.6 Å². The van der Waals surface area contributed by atoms with E-state index < -0.39 is 19.4 Å². The summed E-state index contributed by atoms with van der Waals surface area (Å²) in [5, 5.41) is 22.0. The number of carboxylic acids is 1. The molecule has 0 saturated heterocycles. The smallest absolute Gasteiger partial charge is 0.336 e. The van der Waals surface area contributed by atoms with Gasteiger partial charge in [0.25, 0.3) is 0 Å². The number of thioether (sulfide) groups is 1. The zero-order valence-electron chi connectivity index (χ0n) is 15.3. The number of hydrogen-bond acceptors (Lipinski definition) is 5. The van der Waals surface area contributed by atoms with Crippen molar-refractivity contribution in [3.8, 4) is 0 Å². The molecule has 1 aromatic carbocycles. The van der Waals surface area contributed by atoms with Crippen molar-refractivity contribution >= 4 is 36.4 Å². The van der Waals surface area contributed by atoms with Crippen LogP contribution >= 0.6 is 19.6 Å². The van der Waals surface area contributed by atoms with Crippen molar-refractivity contribution in [3.63, 3.8) is 0 Å². The first kappa shape index (κ1) is 20.4. The average Bonchev–Trinajstić information content (AvgIpc) is 2.67. The molecule has 1 aliphatic rings. The SMILES string of the molecule is O=C(O)C(O)(CC1CCCCC1)C[PH](=O)CSc1ccc2ccccc2n1. The first-order valence-electron chi connectivity index (χ1n) is 9.42. The van der Waals surface area contributed by atoms with Crippen LogP contribution in [0.2, 0.25) is 0 Å². The zero-order chi connectivity index (χ0) is 19.3. The van der Waals surface area contributed by atoms with Crippen molar-refractivity contribution in [2.75, 3.05) is 11.7 Å². The fourth-order valence-corrected chi connectivity index (χ4v) is 6.68. The molecule has 1 aliphatic carbocycles. The molecule has 2 N–H and O–H groups in total. The number of aromatic nitrogens is 1. The van der Waals surface area contributed by atoms with Gasteiger partial charge in [0.05, 0.1) is 23.8 Å². The van der Waals surface area contributed by atoms with E-state index >= 15 is 0 Å². The summed E-state index contributed by atoms with van der Waals surface area (Å²) in [6, 6.07) is 11.6. The van der Waals surface area contributed by atoms with Gasteiger partial charge in [-0.3, -0.25) is 0 Å². The Kier molecular flexibility index (Phi) is 6.96. The Balaban J connectivity index is 1.58. The van der Waals surface area contributed by atoms with Gasteiger partial charge in [-0.2, -0.15) is 0 Å². The minimum absolute atomic E-state index is 0.163. The van der Waals surface area contributed by atoms with Crippen LogP contribution in [0.15, 0.2) is 41.4 Å². The first-order chi connectivity index (χ1) is 13.0. The van der Waals surface area contributed by atoms with Gasteiger partial charge >= 0.3 is 5.97 Å². The number of aliphatic carboxylic acids is 1. The van der Waals surface area contributed by atoms with Gasteiger partial charge < -0.3 is 14.8 Å². The van der Waals surface area contributed by atoms with Gasteiger partial charge in [-0.1, -0.05) is 68.1 Å². The molecule has 0 radical (unpaired) electrons. The largest absolute Gasteiger partial charge is 0.479 e. The number of pyridine rings is 1. The molecular weight excluding hydrogens is 381 g/mol. The quantitative estimate of drug-likeness (QED) is 0.490. The highest BCUT2D eigenvalue weighted by atomic mass is 32.2. The van der Waals surface area contributed by atoms with Gasteiger partial charge in [0.15, 0.2) is 5.60 Å². The standard InChI is InChI=1S/C20H26NO4PS/c22-19(23)20(24,12-15-6-2-1-3-7-15)13-26(25)14-27-18-11-10-16-8-4-5-9-17(16)21-18/h4-5,8-11,15,24,26H,1-3,6-7,12-14H2,(H,22,23). The van der Waals surface area contributed by atoms with Crippen molar-refractivity contribution in [2.24, 2.45) is 5.92 Å². The predicted octanol–water partition coefficient (Wildman–Crippen LogP) is 4.63. The lowest BCUT2D eigenvalue weighted by Gasteiger charge is -2.30. The highest BCUT2D eigenvalue weighted by Crippen LogP contribution is 2.38. The lowest BCUT2D eigenvalue weighted by molar-refractivity contribution is -0.158. The van der Waals surface area contributed by atoms with E-state index in [1.54, 1.807) is 0 Å². The summed E-state index contributed by atoms with van der Waals surface area (Å²) >= 11 is 1.36. The van der Waals surface area contributed by atoms with E-state index in [1.165, 1.54) is 18.2 Å². The maximum Gasteiger partial charge on any atom is 0.336 e. The molecular formula is C20H26NO4PS. The van der Waals surface area contributed by atoms with Gasteiger partial charge in [0, 0.05) is 11.5 Å². The van der Waals surface area contributed by atoms with Crippen LogP contribution in [0.25, 0.3) is 10.9 Å². The number of benzene rings is 1. The summed E-state index contributed by atoms with van der Waals surface area (Å²) in [6.45, 7) is 0. The van der Waals surface area contributed by atoms with Crippen molar-refractivity contribution in [3.05, 3.63) is 36.4 Å². The minimum atomic E-state index is -2.25. The van der Waals surface area contributed by atoms with Crippen molar-refractivity contribution in [1.29, 1.82) is 0 Å². The van der Waals surface area contributed by atoms with E-state index in [-0.39, 0.29) is 24.0 Å². The number of rotatable bonds is 8. The molecule has 1 saturated carbocycles. The van der Waals surface area contributed by atoms with Crippen molar-refractivity contribution < 1.29 is 19.6 Å². The Hall–Kier alpha value is -1.36. The van der Waals surface area contributed by atoms with E-state index in [2.05, 4.69) is 4.98 Å². The van der Waals surface area contributed by atoms with Gasteiger partial charge in [-0.05, 0) is 24.5 Å². The second kappa shape index (κ2) is 9.22. The Labute approximate surface area is 164 Å². The van der Waals surface area contributed by atoms with Gasteiger partial charge in [-0.15, -0.1) is 0 Å². The number of hydrogen-bond donors (Lipinski definition) is 2. The summed E-state index contributed by atoms with van der Waals surface area (Å²) < 4.78 is 12.6. The molecule has 1 heterocycles. The predicted molar refractivity (Wildman–Crippen MR) is 110 cm³/mol. The molecule has 3 rings (SSSR count). The van der Waals surface area contributed by atoms with Crippen LogP contribution in [0.1, 0.15) is 38.5 Å². The Morgan fingerprint density at radius 1 is 1.19 bits per heavy atom. The van der Waals surface area contributed by atoms with Crippen molar-refractivity contribution in [1.82, 2.24) is 4.98 Å². The molecule has 2 atom stereocenters. The number of fused-ring (bicyclic) bond motifs is 1. The molecule has 2 aromatic rings. The summed E-state index contributed by atoms with van der Waals surface area (Å²) in [4.78, 5) is 16.2. The Morgan fingerprint density at radius 3 is 2.67 bits per heavy atom. The Morgan fingerprint density at radius 2 is 1.93 bits per heavy atom. The molecule has 0 amide bonds. The second-order valence-electron chi connectivity index (χ2n) is 7.39. The van der Waals surface area contributed by atoms with Gasteiger partial charge in [-0.25, -0.2) is 9.78 Å². The maximum atomic E-state index is 12.6. The average molecular weight is 407 g/mol. The summed E-state index contributed by atoms with van der Waals surface area (Å²) in [5.41, 5.74) is -0.715. The monoisotopic (exact) mass is 407 g/mol. The number of carbonyl (C=O) groups is 1. The van der Waals surface area contributed by atoms with Crippen LogP contribution in [-0.4, -0.2) is 38.4 Å². The second-order valence-corrected chi connectivity index (χ2v) is 10.7. The van der Waals surface area contributed by atoms with Crippen molar-refractivity contribution in [2.45, 2.75) is 49.2 Å². The minimum Gasteiger partial charge on any atom is -0.479 e. The van der Waals surface area contributed by atoms with E-state index in [0.29, 0.717) is 0 Å². The van der Waals surface area contributed by atoms with E-state index in [1.807, 2.05) is 36.4 Å². The first-order valence-corrected chi connectivity index (χ1v) is 12.2. The third kappa shape index (κ3) is 5.56. The number of carboxylic acid groups (broad SMARTS) is 1. The molecule has 5 nitrogen and oxygen atoms in total. The van der Waals surface area contributed by atoms with E-state index in [9.17, 15) is 19.6 Å². The number of para-hydroxylation sites is 1. The summed E-state index contributed by atoms with van der Waals surface area (Å²) in [6.07, 6.45) is 5.28. The normalized spacial score (nSPS) is 18.9. The van der Waals surface area contributed by atoms with Gasteiger partial charge in [0.2, 0.25) is 0 Å².